The van der Waals surface area contributed by atoms with Crippen molar-refractivity contribution in [3.8, 4) is 11.1 Å². The minimum absolute atomic E-state index is 0.0298. The summed E-state index contributed by atoms with van der Waals surface area (Å²) in [5.74, 6) is 1.16. The van der Waals surface area contributed by atoms with Gasteiger partial charge in [0.1, 0.15) is 5.76 Å². The van der Waals surface area contributed by atoms with Crippen molar-refractivity contribution in [3.05, 3.63) is 133 Å². The minimum Gasteiger partial charge on any atom is -0.497 e. The highest BCUT2D eigenvalue weighted by Gasteiger charge is 2.22. The van der Waals surface area contributed by atoms with Crippen LogP contribution in [0.3, 0.4) is 0 Å². The first-order valence-corrected chi connectivity index (χ1v) is 15.0. The summed E-state index contributed by atoms with van der Waals surface area (Å²) >= 11 is 0. The molecule has 4 aromatic rings. The summed E-state index contributed by atoms with van der Waals surface area (Å²) < 4.78 is 5.81. The lowest BCUT2D eigenvalue weighted by Crippen LogP contribution is -2.35. The topological polar surface area (TPSA) is 53.6 Å². The van der Waals surface area contributed by atoms with E-state index in [1.165, 1.54) is 30.5 Å². The van der Waals surface area contributed by atoms with E-state index in [0.29, 0.717) is 18.1 Å². The first-order chi connectivity index (χ1) is 20.6. The monoisotopic (exact) mass is 559 g/mol. The highest BCUT2D eigenvalue weighted by molar-refractivity contribution is 6.08. The quantitative estimate of drug-likeness (QED) is 0.182. The molecule has 0 saturated carbocycles. The van der Waals surface area contributed by atoms with E-state index in [4.69, 9.17) is 4.74 Å². The maximum Gasteiger partial charge on any atom is 0.256 e. The first kappa shape index (κ1) is 29.2. The Balaban J connectivity index is 1.22. The van der Waals surface area contributed by atoms with Crippen LogP contribution in [0.4, 0.5) is 11.4 Å². The smallest absolute Gasteiger partial charge is 0.256 e. The molecule has 1 heterocycles. The van der Waals surface area contributed by atoms with Gasteiger partial charge in [0.25, 0.3) is 5.91 Å². The Morgan fingerprint density at radius 2 is 1.60 bits per heavy atom. The Morgan fingerprint density at radius 1 is 0.905 bits per heavy atom. The molecule has 1 aliphatic heterocycles. The second kappa shape index (κ2) is 14.5. The zero-order chi connectivity index (χ0) is 29.1. The molecule has 5 rings (SSSR count). The molecule has 216 valence electrons. The minimum atomic E-state index is -0.107. The van der Waals surface area contributed by atoms with Crippen LogP contribution in [0.2, 0.25) is 0 Å². The number of amides is 1. The average molecular weight is 560 g/mol. The Labute approximate surface area is 250 Å². The van der Waals surface area contributed by atoms with Crippen LogP contribution in [0.25, 0.3) is 11.1 Å². The van der Waals surface area contributed by atoms with Crippen molar-refractivity contribution in [2.45, 2.75) is 32.2 Å². The molecule has 4 aromatic carbocycles. The second-order valence-electron chi connectivity index (χ2n) is 10.9. The average Bonchev–Trinajstić information content (AvgIpc) is 3.28. The van der Waals surface area contributed by atoms with E-state index in [0.717, 1.165) is 42.2 Å². The number of hydrogen-bond acceptors (Lipinski definition) is 4. The van der Waals surface area contributed by atoms with Gasteiger partial charge >= 0.3 is 0 Å². The van der Waals surface area contributed by atoms with Gasteiger partial charge in [-0.15, -0.1) is 0 Å². The highest BCUT2D eigenvalue weighted by Crippen LogP contribution is 2.28. The molecule has 2 atom stereocenters. The molecule has 0 aliphatic carbocycles. The lowest BCUT2D eigenvalue weighted by Gasteiger charge is -2.29. The van der Waals surface area contributed by atoms with Gasteiger partial charge in [-0.3, -0.25) is 4.79 Å². The lowest BCUT2D eigenvalue weighted by molar-refractivity contribution is 0.102. The third-order valence-corrected chi connectivity index (χ3v) is 7.91. The van der Waals surface area contributed by atoms with Crippen molar-refractivity contribution in [3.63, 3.8) is 0 Å². The number of benzene rings is 4. The Hall–Kier alpha value is -4.35. The summed E-state index contributed by atoms with van der Waals surface area (Å²) in [6.07, 6.45) is 3.56. The number of hydrogen-bond donors (Lipinski definition) is 2. The van der Waals surface area contributed by atoms with E-state index in [1.807, 2.05) is 79.7 Å². The van der Waals surface area contributed by atoms with Crippen molar-refractivity contribution in [1.29, 1.82) is 0 Å². The summed E-state index contributed by atoms with van der Waals surface area (Å²) in [6.45, 7) is 9.71. The van der Waals surface area contributed by atoms with Gasteiger partial charge in [-0.25, -0.2) is 0 Å². The number of nitrogens with one attached hydrogen (secondary N) is 2. The number of nitrogens with zero attached hydrogens (tertiary/aromatic N) is 1. The molecule has 0 radical (unpaired) electrons. The molecule has 1 fully saturated rings. The summed E-state index contributed by atoms with van der Waals surface area (Å²) in [4.78, 5) is 15.7. The zero-order valence-corrected chi connectivity index (χ0v) is 24.5. The van der Waals surface area contributed by atoms with E-state index in [9.17, 15) is 4.79 Å². The van der Waals surface area contributed by atoms with Crippen molar-refractivity contribution >= 4 is 17.3 Å². The van der Waals surface area contributed by atoms with Crippen LogP contribution in [-0.2, 0) is 4.74 Å². The van der Waals surface area contributed by atoms with Crippen LogP contribution < -0.4 is 15.5 Å². The van der Waals surface area contributed by atoms with Crippen molar-refractivity contribution in [1.82, 2.24) is 5.32 Å². The molecule has 0 aromatic heterocycles. The Morgan fingerprint density at radius 3 is 2.33 bits per heavy atom. The van der Waals surface area contributed by atoms with E-state index in [-0.39, 0.29) is 11.9 Å². The van der Waals surface area contributed by atoms with Crippen LogP contribution in [0.15, 0.2) is 122 Å². The highest BCUT2D eigenvalue weighted by atomic mass is 16.5. The van der Waals surface area contributed by atoms with Crippen LogP contribution >= 0.6 is 0 Å². The number of rotatable bonds is 11. The Bertz CT molecular complexity index is 1440. The van der Waals surface area contributed by atoms with Gasteiger partial charge in [0.05, 0.1) is 12.6 Å². The van der Waals surface area contributed by atoms with Crippen LogP contribution in [0.5, 0.6) is 0 Å². The van der Waals surface area contributed by atoms with Gasteiger partial charge in [-0.05, 0) is 72.7 Å². The van der Waals surface area contributed by atoms with Crippen LogP contribution in [0.1, 0.15) is 48.1 Å². The molecule has 0 spiro atoms. The van der Waals surface area contributed by atoms with Gasteiger partial charge in [0.15, 0.2) is 0 Å². The maximum atomic E-state index is 13.3. The van der Waals surface area contributed by atoms with Crippen molar-refractivity contribution in [2.75, 3.05) is 36.5 Å². The third kappa shape index (κ3) is 7.48. The number of anilines is 2. The fraction of sp³-hybridized carbons (Fsp3) is 0.270. The predicted octanol–water partition coefficient (Wildman–Crippen LogP) is 8.09. The molecule has 1 aliphatic rings. The first-order valence-electron chi connectivity index (χ1n) is 15.0. The van der Waals surface area contributed by atoms with E-state index in [2.05, 4.69) is 58.5 Å². The molecule has 2 unspecified atom stereocenters. The fourth-order valence-electron chi connectivity index (χ4n) is 5.75. The van der Waals surface area contributed by atoms with Gasteiger partial charge < -0.3 is 20.3 Å². The number of carbonyl (C=O) groups is 1. The Kier molecular flexibility index (Phi) is 10.1. The maximum absolute atomic E-state index is 13.3. The molecular formula is C37H41N3O2. The SMILES string of the molecule is C=C(OCC)C(NCC1CCCCN(c2ccc(NC(=O)c3ccccc3-c3ccccc3)cc2)C1)c1ccccc1. The molecule has 1 amide bonds. The van der Waals surface area contributed by atoms with Gasteiger partial charge in [0.2, 0.25) is 0 Å². The zero-order valence-electron chi connectivity index (χ0n) is 24.5. The largest absolute Gasteiger partial charge is 0.497 e. The summed E-state index contributed by atoms with van der Waals surface area (Å²) in [6, 6.07) is 36.4. The number of ether oxygens (including phenoxy) is 1. The standard InChI is InChI=1S/C37H41N3O2/c1-3-42-28(2)36(31-17-8-5-9-18-31)38-26-29-14-12-13-25-40(27-29)33-23-21-32(22-24-33)39-37(41)35-20-11-10-19-34(35)30-15-6-4-7-16-30/h4-11,15-24,29,36,38H,2-3,12-14,25-27H2,1H3,(H,39,41). The van der Waals surface area contributed by atoms with Gasteiger partial charge in [-0.2, -0.15) is 0 Å². The number of carbonyl (C=O) groups excluding carboxylic acids is 1. The molecule has 42 heavy (non-hydrogen) atoms. The fourth-order valence-corrected chi connectivity index (χ4v) is 5.75. The molecule has 0 bridgehead atoms. The van der Waals surface area contributed by atoms with Gasteiger partial charge in [-0.1, -0.05) is 91.9 Å². The van der Waals surface area contributed by atoms with Crippen LogP contribution in [0, 0.1) is 5.92 Å². The van der Waals surface area contributed by atoms with Crippen LogP contribution in [-0.4, -0.2) is 32.1 Å². The molecule has 2 N–H and O–H groups in total. The second-order valence-corrected chi connectivity index (χ2v) is 10.9. The van der Waals surface area contributed by atoms with Gasteiger partial charge in [0, 0.05) is 36.6 Å². The molecule has 5 heteroatoms. The van der Waals surface area contributed by atoms with E-state index < -0.39 is 0 Å². The third-order valence-electron chi connectivity index (χ3n) is 7.91. The summed E-state index contributed by atoms with van der Waals surface area (Å²) in [5, 5.41) is 6.86. The molecule has 1 saturated heterocycles. The molecular weight excluding hydrogens is 518 g/mol. The molecule has 5 nitrogen and oxygen atoms in total. The predicted molar refractivity (Wildman–Crippen MR) is 174 cm³/mol. The summed E-state index contributed by atoms with van der Waals surface area (Å²) in [7, 11) is 0. The van der Waals surface area contributed by atoms with E-state index in [1.54, 1.807) is 0 Å². The normalized spacial score (nSPS) is 15.8. The lowest BCUT2D eigenvalue weighted by atomic mass is 9.99. The van der Waals surface area contributed by atoms with Crippen molar-refractivity contribution < 1.29 is 9.53 Å². The van der Waals surface area contributed by atoms with E-state index >= 15 is 0 Å². The van der Waals surface area contributed by atoms with Crippen molar-refractivity contribution in [2.24, 2.45) is 5.92 Å². The summed E-state index contributed by atoms with van der Waals surface area (Å²) in [5.41, 5.74) is 5.77.